The minimum absolute atomic E-state index is 0.000751. The van der Waals surface area contributed by atoms with Gasteiger partial charge in [0.2, 0.25) is 22.3 Å². The number of ether oxygens (including phenoxy) is 2. The van der Waals surface area contributed by atoms with Gasteiger partial charge in [-0.2, -0.15) is 0 Å². The number of fused-ring (bicyclic) bond motifs is 10. The second-order valence-electron chi connectivity index (χ2n) is 5.61. The van der Waals surface area contributed by atoms with Crippen LogP contribution in [0.3, 0.4) is 0 Å². The van der Waals surface area contributed by atoms with Crippen LogP contribution in [0.2, 0.25) is 0 Å². The van der Waals surface area contributed by atoms with Crippen molar-refractivity contribution in [2.24, 2.45) is 0 Å². The van der Waals surface area contributed by atoms with Crippen molar-refractivity contribution in [3.05, 3.63) is 44.0 Å². The van der Waals surface area contributed by atoms with Crippen molar-refractivity contribution in [2.75, 3.05) is 0 Å². The predicted octanol–water partition coefficient (Wildman–Crippen LogP) is 2.34. The van der Waals surface area contributed by atoms with Gasteiger partial charge in [0, 0.05) is 5.56 Å². The van der Waals surface area contributed by atoms with Gasteiger partial charge in [-0.25, -0.2) is 19.2 Å². The number of benzene rings is 2. The molecule has 5 aromatic rings. The monoisotopic (exact) mass is 386 g/mol. The Labute approximate surface area is 148 Å². The average molecular weight is 386 g/mol. The summed E-state index contributed by atoms with van der Waals surface area (Å²) < 4.78 is 39.9. The molecule has 1 aliphatic heterocycles. The summed E-state index contributed by atoms with van der Waals surface area (Å²) in [6, 6.07) is 2.76. The van der Waals surface area contributed by atoms with Crippen LogP contribution in [0.1, 0.15) is 0 Å². The van der Waals surface area contributed by atoms with Crippen LogP contribution in [0.25, 0.3) is 44.6 Å². The Hall–Kier alpha value is -4.48. The Kier molecular flexibility index (Phi) is 2.42. The Morgan fingerprint density at radius 2 is 1.11 bits per heavy atom. The molecular weight excluding hydrogens is 384 g/mol. The van der Waals surface area contributed by atoms with Gasteiger partial charge >= 0.3 is 23.6 Å². The number of hydrogen-bond donors (Lipinski definition) is 0. The zero-order valence-electron chi connectivity index (χ0n) is 13.1. The summed E-state index contributed by atoms with van der Waals surface area (Å²) in [5, 5.41) is 0. The highest BCUT2D eigenvalue weighted by Crippen LogP contribution is 2.49. The lowest BCUT2D eigenvalue weighted by atomic mass is 10.0. The number of rotatable bonds is 0. The summed E-state index contributed by atoms with van der Waals surface area (Å²) in [5.41, 5.74) is -1.15. The highest BCUT2D eigenvalue weighted by atomic mass is 16.7. The van der Waals surface area contributed by atoms with Crippen molar-refractivity contribution < 1.29 is 40.8 Å². The lowest BCUT2D eigenvalue weighted by molar-refractivity contribution is 0.154. The first-order valence-corrected chi connectivity index (χ1v) is 7.49. The molecule has 0 saturated heterocycles. The fourth-order valence-electron chi connectivity index (χ4n) is 3.13. The molecule has 4 heterocycles. The second kappa shape index (κ2) is 4.62. The first-order chi connectivity index (χ1) is 13.5. The number of carbonyl (C=O) groups is 1. The van der Waals surface area contributed by atoms with Gasteiger partial charge < -0.3 is 36.0 Å². The Morgan fingerprint density at radius 1 is 0.536 bits per heavy atom. The van der Waals surface area contributed by atoms with E-state index in [4.69, 9.17) is 36.0 Å². The standard InChI is InChI=1S/C16H2O12/c17-13-21-4-2-1-3-5-8(24-14(18)22-6(3)7(4)23-13)11-12(28-16(20)27-11)10-9(5)25-15(19)26-10/h1-2H. The molecule has 0 bridgehead atoms. The van der Waals surface area contributed by atoms with Crippen molar-refractivity contribution in [3.8, 4) is 22.6 Å². The molecule has 0 fully saturated rings. The first-order valence-electron chi connectivity index (χ1n) is 7.49. The van der Waals surface area contributed by atoms with E-state index in [9.17, 15) is 19.2 Å². The molecular formula is C16H2O12. The van der Waals surface area contributed by atoms with E-state index >= 15 is 0 Å². The van der Waals surface area contributed by atoms with Gasteiger partial charge in [-0.15, -0.1) is 0 Å². The lowest BCUT2D eigenvalue weighted by Crippen LogP contribution is -2.12. The molecule has 12 nitrogen and oxygen atoms in total. The summed E-state index contributed by atoms with van der Waals surface area (Å²) >= 11 is 0. The van der Waals surface area contributed by atoms with Crippen LogP contribution in [0.5, 0.6) is 11.5 Å². The molecule has 0 spiro atoms. The maximum absolute atomic E-state index is 12.2. The van der Waals surface area contributed by atoms with Gasteiger partial charge in [0.15, 0.2) is 22.7 Å². The molecule has 0 aliphatic carbocycles. The quantitative estimate of drug-likeness (QED) is 0.282. The van der Waals surface area contributed by atoms with Crippen molar-refractivity contribution in [1.82, 2.24) is 0 Å². The zero-order chi connectivity index (χ0) is 19.2. The van der Waals surface area contributed by atoms with Gasteiger partial charge in [0.1, 0.15) is 0 Å². The van der Waals surface area contributed by atoms with Crippen molar-refractivity contribution in [1.29, 1.82) is 0 Å². The molecule has 0 amide bonds. The highest BCUT2D eigenvalue weighted by molar-refractivity contribution is 6.12. The van der Waals surface area contributed by atoms with E-state index in [0.717, 1.165) is 0 Å². The van der Waals surface area contributed by atoms with Crippen LogP contribution in [0.15, 0.2) is 53.0 Å². The first kappa shape index (κ1) is 14.7. The van der Waals surface area contributed by atoms with Gasteiger partial charge in [-0.1, -0.05) is 0 Å². The number of carbonyl (C=O) groups excluding carboxylic acids is 1. The summed E-state index contributed by atoms with van der Waals surface area (Å²) in [4.78, 5) is 46.9. The summed E-state index contributed by atoms with van der Waals surface area (Å²) in [7, 11) is 0. The van der Waals surface area contributed by atoms with E-state index in [-0.39, 0.29) is 56.1 Å². The van der Waals surface area contributed by atoms with Crippen LogP contribution < -0.4 is 26.9 Å². The molecule has 0 radical (unpaired) electrons. The summed E-state index contributed by atoms with van der Waals surface area (Å²) in [6.45, 7) is 0. The molecule has 138 valence electrons. The molecule has 12 heteroatoms. The minimum atomic E-state index is -1.24. The fraction of sp³-hybridized carbons (Fsp3) is 0. The third kappa shape index (κ3) is 1.72. The topological polar surface area (TPSA) is 166 Å². The van der Waals surface area contributed by atoms with Crippen molar-refractivity contribution >= 4 is 39.7 Å². The van der Waals surface area contributed by atoms with Gasteiger partial charge in [0.25, 0.3) is 0 Å². The average Bonchev–Trinajstić information content (AvgIpc) is 3.29. The Balaban J connectivity index is 1.90. The van der Waals surface area contributed by atoms with E-state index in [0.29, 0.717) is 0 Å². The third-order valence-corrected chi connectivity index (χ3v) is 4.12. The zero-order valence-corrected chi connectivity index (χ0v) is 13.1. The van der Waals surface area contributed by atoms with E-state index < -0.39 is 23.6 Å². The summed E-state index contributed by atoms with van der Waals surface area (Å²) in [6.07, 6.45) is -1.24. The maximum Gasteiger partial charge on any atom is 0.519 e. The van der Waals surface area contributed by atoms with E-state index in [1.165, 1.54) is 12.1 Å². The molecule has 28 heavy (non-hydrogen) atoms. The molecule has 0 atom stereocenters. The molecule has 6 rings (SSSR count). The molecule has 2 aromatic carbocycles. The molecule has 0 N–H and O–H groups in total. The molecule has 0 unspecified atom stereocenters. The van der Waals surface area contributed by atoms with Crippen LogP contribution in [0, 0.1) is 0 Å². The van der Waals surface area contributed by atoms with Crippen molar-refractivity contribution in [3.63, 3.8) is 0 Å². The van der Waals surface area contributed by atoms with Gasteiger partial charge in [0.05, 0.1) is 5.56 Å². The van der Waals surface area contributed by atoms with Crippen LogP contribution in [-0.2, 0) is 0 Å². The minimum Gasteiger partial charge on any atom is -0.391 e. The smallest absolute Gasteiger partial charge is 0.391 e. The maximum atomic E-state index is 12.2. The molecule has 3 aromatic heterocycles. The van der Waals surface area contributed by atoms with E-state index in [1.807, 2.05) is 0 Å². The van der Waals surface area contributed by atoms with E-state index in [2.05, 4.69) is 0 Å². The molecule has 1 aliphatic rings. The third-order valence-electron chi connectivity index (χ3n) is 4.12. The Morgan fingerprint density at radius 3 is 1.89 bits per heavy atom. The van der Waals surface area contributed by atoms with Gasteiger partial charge in [-0.3, -0.25) is 0 Å². The SMILES string of the molecule is O=C1Oc2c(ccc3oc(=O)oc23)-c2c(c3oc(=O)oc3c3oc(=O)oc23)O1. The van der Waals surface area contributed by atoms with Crippen LogP contribution >= 0.6 is 0 Å². The van der Waals surface area contributed by atoms with E-state index in [1.54, 1.807) is 0 Å². The predicted molar refractivity (Wildman–Crippen MR) is 83.5 cm³/mol. The Bertz CT molecular complexity index is 1640. The van der Waals surface area contributed by atoms with Crippen LogP contribution in [-0.4, -0.2) is 6.16 Å². The van der Waals surface area contributed by atoms with Gasteiger partial charge in [-0.05, 0) is 12.1 Å². The second-order valence-corrected chi connectivity index (χ2v) is 5.61. The van der Waals surface area contributed by atoms with Crippen LogP contribution in [0.4, 0.5) is 4.79 Å². The normalized spacial score (nSPS) is 13.4. The summed E-state index contributed by atoms with van der Waals surface area (Å²) in [5.74, 6) is -3.82. The lowest BCUT2D eigenvalue weighted by Gasteiger charge is -2.05. The fourth-order valence-corrected chi connectivity index (χ4v) is 3.13. The van der Waals surface area contributed by atoms with Crippen molar-refractivity contribution in [2.45, 2.75) is 0 Å². The largest absolute Gasteiger partial charge is 0.519 e. The highest BCUT2D eigenvalue weighted by Gasteiger charge is 2.35. The number of hydrogen-bond acceptors (Lipinski definition) is 12. The molecule has 0 saturated carbocycles.